The Balaban J connectivity index is 3.35. The molecule has 84 valence electrons. The molecule has 0 fully saturated rings. The summed E-state index contributed by atoms with van der Waals surface area (Å²) in [6, 6.07) is 0.388. The summed E-state index contributed by atoms with van der Waals surface area (Å²) in [5.41, 5.74) is 6.43. The second-order valence-corrected chi connectivity index (χ2v) is 5.45. The van der Waals surface area contributed by atoms with Gasteiger partial charge in [-0.1, -0.05) is 39.7 Å². The second kappa shape index (κ2) is 7.05. The van der Waals surface area contributed by atoms with Crippen LogP contribution in [0.4, 0.5) is 0 Å². The van der Waals surface area contributed by atoms with Crippen molar-refractivity contribution in [3.05, 3.63) is 12.7 Å². The molecule has 0 spiro atoms. The van der Waals surface area contributed by atoms with Gasteiger partial charge in [0.25, 0.3) is 0 Å². The quantitative estimate of drug-likeness (QED) is 0.486. The molecule has 0 heterocycles. The van der Waals surface area contributed by atoms with Gasteiger partial charge in [0.2, 0.25) is 0 Å². The maximum atomic E-state index is 6.05. The molecule has 1 nitrogen and oxygen atoms in total. The molecule has 0 aromatic heterocycles. The molecule has 0 aromatic carbocycles. The average Bonchev–Trinajstić information content (AvgIpc) is 2.00. The van der Waals surface area contributed by atoms with Crippen LogP contribution in [0.3, 0.4) is 0 Å². The average molecular weight is 197 g/mol. The van der Waals surface area contributed by atoms with Crippen LogP contribution in [0.15, 0.2) is 12.7 Å². The molecule has 14 heavy (non-hydrogen) atoms. The summed E-state index contributed by atoms with van der Waals surface area (Å²) < 4.78 is 0. The molecule has 2 N–H and O–H groups in total. The molecule has 1 unspecified atom stereocenters. The first-order valence-corrected chi connectivity index (χ1v) is 5.82. The molecular weight excluding hydrogens is 170 g/mol. The van der Waals surface area contributed by atoms with Gasteiger partial charge in [0.15, 0.2) is 0 Å². The Labute approximate surface area is 89.8 Å². The van der Waals surface area contributed by atoms with E-state index in [1.807, 2.05) is 6.08 Å². The standard InChI is InChI=1S/C13H27N/c1-5-6-7-8-9-10-12(14)11-13(2,3)4/h5,12H,1,6-11,14H2,2-4H3. The first-order chi connectivity index (χ1) is 6.45. The lowest BCUT2D eigenvalue weighted by Crippen LogP contribution is -2.26. The predicted octanol–water partition coefficient (Wildman–Crippen LogP) is 3.89. The first kappa shape index (κ1) is 13.7. The summed E-state index contributed by atoms with van der Waals surface area (Å²) >= 11 is 0. The van der Waals surface area contributed by atoms with Crippen molar-refractivity contribution in [1.29, 1.82) is 0 Å². The van der Waals surface area contributed by atoms with Gasteiger partial charge in [-0.3, -0.25) is 0 Å². The molecule has 1 heteroatoms. The number of rotatable bonds is 7. The van der Waals surface area contributed by atoms with E-state index in [2.05, 4.69) is 27.4 Å². The third-order valence-corrected chi connectivity index (χ3v) is 2.36. The highest BCUT2D eigenvalue weighted by Crippen LogP contribution is 2.22. The van der Waals surface area contributed by atoms with Gasteiger partial charge in [-0.05, 0) is 31.1 Å². The van der Waals surface area contributed by atoms with Gasteiger partial charge in [-0.2, -0.15) is 0 Å². The van der Waals surface area contributed by atoms with Crippen LogP contribution in [-0.2, 0) is 0 Å². The van der Waals surface area contributed by atoms with Gasteiger partial charge in [0, 0.05) is 6.04 Å². The van der Waals surface area contributed by atoms with E-state index in [9.17, 15) is 0 Å². The summed E-state index contributed by atoms with van der Waals surface area (Å²) in [5.74, 6) is 0. The fourth-order valence-electron chi connectivity index (χ4n) is 1.76. The van der Waals surface area contributed by atoms with Crippen LogP contribution in [0.5, 0.6) is 0 Å². The van der Waals surface area contributed by atoms with Crippen LogP contribution in [0, 0.1) is 5.41 Å². The number of hydrogen-bond acceptors (Lipinski definition) is 1. The van der Waals surface area contributed by atoms with Crippen LogP contribution in [-0.4, -0.2) is 6.04 Å². The van der Waals surface area contributed by atoms with Crippen molar-refractivity contribution in [3.8, 4) is 0 Å². The highest BCUT2D eigenvalue weighted by Gasteiger charge is 2.14. The van der Waals surface area contributed by atoms with Crippen molar-refractivity contribution in [2.45, 2.75) is 65.3 Å². The van der Waals surface area contributed by atoms with Gasteiger partial charge in [-0.15, -0.1) is 6.58 Å². The van der Waals surface area contributed by atoms with Crippen LogP contribution in [0.2, 0.25) is 0 Å². The summed E-state index contributed by atoms with van der Waals surface area (Å²) in [6.07, 6.45) is 9.28. The molecule has 0 saturated carbocycles. The summed E-state index contributed by atoms with van der Waals surface area (Å²) in [4.78, 5) is 0. The molecular formula is C13H27N. The molecule has 0 aliphatic carbocycles. The molecule has 1 atom stereocenters. The Morgan fingerprint density at radius 2 is 1.86 bits per heavy atom. The van der Waals surface area contributed by atoms with Crippen molar-refractivity contribution in [1.82, 2.24) is 0 Å². The van der Waals surface area contributed by atoms with Crippen LogP contribution in [0.25, 0.3) is 0 Å². The Hall–Kier alpha value is -0.300. The van der Waals surface area contributed by atoms with E-state index >= 15 is 0 Å². The molecule has 0 aliphatic heterocycles. The lowest BCUT2D eigenvalue weighted by molar-refractivity contribution is 0.327. The zero-order valence-corrected chi connectivity index (χ0v) is 10.2. The van der Waals surface area contributed by atoms with Crippen molar-refractivity contribution in [2.75, 3.05) is 0 Å². The zero-order valence-electron chi connectivity index (χ0n) is 10.2. The lowest BCUT2D eigenvalue weighted by Gasteiger charge is -2.22. The monoisotopic (exact) mass is 197 g/mol. The number of nitrogens with two attached hydrogens (primary N) is 1. The maximum absolute atomic E-state index is 6.05. The fourth-order valence-corrected chi connectivity index (χ4v) is 1.76. The van der Waals surface area contributed by atoms with Gasteiger partial charge in [0.05, 0.1) is 0 Å². The van der Waals surface area contributed by atoms with Crippen LogP contribution < -0.4 is 5.73 Å². The van der Waals surface area contributed by atoms with Crippen molar-refractivity contribution in [2.24, 2.45) is 11.1 Å². The first-order valence-electron chi connectivity index (χ1n) is 5.82. The summed E-state index contributed by atoms with van der Waals surface area (Å²) in [6.45, 7) is 10.5. The predicted molar refractivity (Wildman–Crippen MR) is 65.3 cm³/mol. The van der Waals surface area contributed by atoms with Gasteiger partial charge in [0.1, 0.15) is 0 Å². The van der Waals surface area contributed by atoms with Crippen molar-refractivity contribution in [3.63, 3.8) is 0 Å². The highest BCUT2D eigenvalue weighted by molar-refractivity contribution is 4.72. The zero-order chi connectivity index (χ0) is 11.0. The molecule has 0 amide bonds. The number of unbranched alkanes of at least 4 members (excludes halogenated alkanes) is 3. The third kappa shape index (κ3) is 9.79. The van der Waals surface area contributed by atoms with E-state index in [4.69, 9.17) is 5.73 Å². The Bertz CT molecular complexity index is 144. The Kier molecular flexibility index (Phi) is 6.90. The summed E-state index contributed by atoms with van der Waals surface area (Å²) in [7, 11) is 0. The van der Waals surface area contributed by atoms with Crippen molar-refractivity contribution >= 4 is 0 Å². The molecule has 0 aromatic rings. The molecule has 0 radical (unpaired) electrons. The van der Waals surface area contributed by atoms with Gasteiger partial charge >= 0.3 is 0 Å². The fraction of sp³-hybridized carbons (Fsp3) is 0.846. The van der Waals surface area contributed by atoms with E-state index < -0.39 is 0 Å². The van der Waals surface area contributed by atoms with E-state index in [0.29, 0.717) is 11.5 Å². The minimum atomic E-state index is 0.376. The Morgan fingerprint density at radius 3 is 2.36 bits per heavy atom. The molecule has 0 saturated heterocycles. The highest BCUT2D eigenvalue weighted by atomic mass is 14.6. The molecule has 0 aliphatic rings. The van der Waals surface area contributed by atoms with Gasteiger partial charge < -0.3 is 5.73 Å². The van der Waals surface area contributed by atoms with E-state index in [0.717, 1.165) is 12.8 Å². The minimum absolute atomic E-state index is 0.376. The van der Waals surface area contributed by atoms with E-state index in [1.165, 1.54) is 25.7 Å². The third-order valence-electron chi connectivity index (χ3n) is 2.36. The van der Waals surface area contributed by atoms with Crippen molar-refractivity contribution < 1.29 is 0 Å². The minimum Gasteiger partial charge on any atom is -0.328 e. The van der Waals surface area contributed by atoms with Gasteiger partial charge in [-0.25, -0.2) is 0 Å². The topological polar surface area (TPSA) is 26.0 Å². The normalized spacial score (nSPS) is 14.0. The SMILES string of the molecule is C=CCCCCCC(N)CC(C)(C)C. The number of hydrogen-bond donors (Lipinski definition) is 1. The smallest absolute Gasteiger partial charge is 0.00438 e. The second-order valence-electron chi connectivity index (χ2n) is 5.45. The van der Waals surface area contributed by atoms with Crippen LogP contribution in [0.1, 0.15) is 59.3 Å². The Morgan fingerprint density at radius 1 is 1.21 bits per heavy atom. The molecule has 0 bridgehead atoms. The maximum Gasteiger partial charge on any atom is 0.00438 e. The molecule has 0 rings (SSSR count). The largest absolute Gasteiger partial charge is 0.328 e. The number of allylic oxidation sites excluding steroid dienone is 1. The van der Waals surface area contributed by atoms with E-state index in [1.54, 1.807) is 0 Å². The lowest BCUT2D eigenvalue weighted by atomic mass is 9.86. The van der Waals surface area contributed by atoms with Crippen LogP contribution >= 0.6 is 0 Å². The van der Waals surface area contributed by atoms with E-state index in [-0.39, 0.29) is 0 Å². The summed E-state index contributed by atoms with van der Waals surface area (Å²) in [5, 5.41) is 0.